The molecular formula is C9H17O2. The van der Waals surface area contributed by atoms with Gasteiger partial charge in [-0.25, -0.2) is 0 Å². The zero-order valence-corrected chi connectivity index (χ0v) is 7.43. The highest BCUT2D eigenvalue weighted by Gasteiger charge is 2.05. The number of carbonyl (C=O) groups excluding carboxylic acids is 1. The standard InChI is InChI=1S/C9H17O2/c1-4-8(5-2)7-11-9(10)6-3/h8H,3-7H2,1-2H3. The van der Waals surface area contributed by atoms with Crippen molar-refractivity contribution in [3.8, 4) is 0 Å². The van der Waals surface area contributed by atoms with Gasteiger partial charge < -0.3 is 4.74 Å². The highest BCUT2D eigenvalue weighted by molar-refractivity contribution is 5.69. The first-order chi connectivity index (χ1) is 5.24. The number of esters is 1. The normalized spacial score (nSPS) is 10.2. The van der Waals surface area contributed by atoms with E-state index in [1.54, 1.807) is 0 Å². The van der Waals surface area contributed by atoms with Crippen molar-refractivity contribution in [2.24, 2.45) is 5.92 Å². The van der Waals surface area contributed by atoms with E-state index in [9.17, 15) is 4.79 Å². The smallest absolute Gasteiger partial charge is 0.305 e. The van der Waals surface area contributed by atoms with E-state index in [-0.39, 0.29) is 12.4 Å². The van der Waals surface area contributed by atoms with Gasteiger partial charge in [-0.2, -0.15) is 0 Å². The molecule has 0 aromatic rings. The third-order valence-corrected chi connectivity index (χ3v) is 1.84. The summed E-state index contributed by atoms with van der Waals surface area (Å²) in [7, 11) is 0. The van der Waals surface area contributed by atoms with Crippen LogP contribution in [0, 0.1) is 12.8 Å². The van der Waals surface area contributed by atoms with Crippen LogP contribution in [0.4, 0.5) is 0 Å². The molecule has 0 unspecified atom stereocenters. The Morgan fingerprint density at radius 3 is 2.36 bits per heavy atom. The Morgan fingerprint density at radius 1 is 1.45 bits per heavy atom. The van der Waals surface area contributed by atoms with Gasteiger partial charge in [0.1, 0.15) is 0 Å². The Labute approximate surface area is 68.9 Å². The van der Waals surface area contributed by atoms with Crippen LogP contribution in [0.5, 0.6) is 0 Å². The predicted molar refractivity (Wildman–Crippen MR) is 45.0 cm³/mol. The fourth-order valence-electron chi connectivity index (χ4n) is 0.807. The summed E-state index contributed by atoms with van der Waals surface area (Å²) in [5, 5.41) is 0. The Kier molecular flexibility index (Phi) is 5.90. The van der Waals surface area contributed by atoms with Crippen LogP contribution < -0.4 is 0 Å². The van der Waals surface area contributed by atoms with Crippen LogP contribution in [-0.2, 0) is 9.53 Å². The molecule has 0 rings (SSSR count). The average Bonchev–Trinajstić information content (AvgIpc) is 2.06. The molecule has 11 heavy (non-hydrogen) atoms. The molecule has 0 bridgehead atoms. The molecular weight excluding hydrogens is 140 g/mol. The molecule has 0 aliphatic heterocycles. The first-order valence-corrected chi connectivity index (χ1v) is 4.19. The van der Waals surface area contributed by atoms with Gasteiger partial charge in [0.2, 0.25) is 0 Å². The Morgan fingerprint density at radius 2 is 2.00 bits per heavy atom. The van der Waals surface area contributed by atoms with E-state index in [0.717, 1.165) is 12.8 Å². The second kappa shape index (κ2) is 6.20. The summed E-state index contributed by atoms with van der Waals surface area (Å²) in [6.07, 6.45) is 2.38. The number of ether oxygens (including phenoxy) is 1. The summed E-state index contributed by atoms with van der Waals surface area (Å²) in [6, 6.07) is 0. The van der Waals surface area contributed by atoms with Gasteiger partial charge in [-0.15, -0.1) is 0 Å². The van der Waals surface area contributed by atoms with Crippen LogP contribution in [-0.4, -0.2) is 12.6 Å². The van der Waals surface area contributed by atoms with E-state index in [1.165, 1.54) is 0 Å². The molecule has 0 saturated carbocycles. The van der Waals surface area contributed by atoms with E-state index >= 15 is 0 Å². The first-order valence-electron chi connectivity index (χ1n) is 4.19. The molecule has 0 N–H and O–H groups in total. The number of hydrogen-bond acceptors (Lipinski definition) is 2. The summed E-state index contributed by atoms with van der Waals surface area (Å²) >= 11 is 0. The lowest BCUT2D eigenvalue weighted by Crippen LogP contribution is -2.12. The molecule has 0 heterocycles. The van der Waals surface area contributed by atoms with Gasteiger partial charge in [0.25, 0.3) is 0 Å². The molecule has 0 saturated heterocycles. The quantitative estimate of drug-likeness (QED) is 0.572. The Hall–Kier alpha value is -0.530. The average molecular weight is 157 g/mol. The van der Waals surface area contributed by atoms with E-state index in [2.05, 4.69) is 20.8 Å². The summed E-state index contributed by atoms with van der Waals surface area (Å²) < 4.78 is 4.93. The molecule has 2 nitrogen and oxygen atoms in total. The van der Waals surface area contributed by atoms with Gasteiger partial charge in [-0.3, -0.25) is 4.79 Å². The molecule has 0 aromatic heterocycles. The van der Waals surface area contributed by atoms with Gasteiger partial charge in [0.15, 0.2) is 0 Å². The van der Waals surface area contributed by atoms with Crippen molar-refractivity contribution in [2.75, 3.05) is 6.61 Å². The topological polar surface area (TPSA) is 26.3 Å². The van der Waals surface area contributed by atoms with Gasteiger partial charge in [0, 0.05) is 6.42 Å². The Balaban J connectivity index is 3.42. The second-order valence-electron chi connectivity index (χ2n) is 2.62. The SMILES string of the molecule is [CH2]CC(=O)OCC(CC)CC. The summed E-state index contributed by atoms with van der Waals surface area (Å²) in [6.45, 7) is 8.20. The van der Waals surface area contributed by atoms with E-state index < -0.39 is 0 Å². The van der Waals surface area contributed by atoms with Crippen LogP contribution >= 0.6 is 0 Å². The molecule has 2 heteroatoms. The van der Waals surface area contributed by atoms with Crippen molar-refractivity contribution in [3.63, 3.8) is 0 Å². The van der Waals surface area contributed by atoms with Gasteiger partial charge >= 0.3 is 5.97 Å². The Bertz CT molecular complexity index is 106. The van der Waals surface area contributed by atoms with Crippen molar-refractivity contribution in [2.45, 2.75) is 33.1 Å². The third-order valence-electron chi connectivity index (χ3n) is 1.84. The molecule has 65 valence electrons. The molecule has 0 aromatic carbocycles. The van der Waals surface area contributed by atoms with Crippen LogP contribution in [0.3, 0.4) is 0 Å². The summed E-state index contributed by atoms with van der Waals surface area (Å²) in [4.78, 5) is 10.7. The third kappa shape index (κ3) is 4.82. The monoisotopic (exact) mass is 157 g/mol. The highest BCUT2D eigenvalue weighted by atomic mass is 16.5. The fraction of sp³-hybridized carbons (Fsp3) is 0.778. The highest BCUT2D eigenvalue weighted by Crippen LogP contribution is 2.07. The molecule has 1 radical (unpaired) electrons. The molecule has 0 atom stereocenters. The summed E-state index contributed by atoms with van der Waals surface area (Å²) in [5.74, 6) is 0.322. The van der Waals surface area contributed by atoms with Crippen LogP contribution in [0.2, 0.25) is 0 Å². The van der Waals surface area contributed by atoms with Crippen LogP contribution in [0.1, 0.15) is 33.1 Å². The zero-order chi connectivity index (χ0) is 8.69. The van der Waals surface area contributed by atoms with Crippen LogP contribution in [0.15, 0.2) is 0 Å². The van der Waals surface area contributed by atoms with Crippen molar-refractivity contribution < 1.29 is 9.53 Å². The lowest BCUT2D eigenvalue weighted by molar-refractivity contribution is -0.144. The van der Waals surface area contributed by atoms with E-state index in [4.69, 9.17) is 4.74 Å². The summed E-state index contributed by atoms with van der Waals surface area (Å²) in [5.41, 5.74) is 0. The zero-order valence-electron chi connectivity index (χ0n) is 7.43. The predicted octanol–water partition coefficient (Wildman–Crippen LogP) is 2.19. The second-order valence-corrected chi connectivity index (χ2v) is 2.62. The molecule has 0 fully saturated rings. The minimum atomic E-state index is -0.197. The molecule has 0 amide bonds. The van der Waals surface area contributed by atoms with Gasteiger partial charge in [-0.05, 0) is 12.8 Å². The largest absolute Gasteiger partial charge is 0.465 e. The maximum atomic E-state index is 10.7. The van der Waals surface area contributed by atoms with Crippen molar-refractivity contribution in [1.82, 2.24) is 0 Å². The van der Waals surface area contributed by atoms with Crippen molar-refractivity contribution >= 4 is 5.97 Å². The molecule has 0 spiro atoms. The minimum absolute atomic E-state index is 0.197. The molecule has 0 aliphatic rings. The fourth-order valence-corrected chi connectivity index (χ4v) is 0.807. The van der Waals surface area contributed by atoms with E-state index in [1.807, 2.05) is 0 Å². The first kappa shape index (κ1) is 10.5. The van der Waals surface area contributed by atoms with Crippen LogP contribution in [0.25, 0.3) is 0 Å². The number of hydrogen-bond donors (Lipinski definition) is 0. The lowest BCUT2D eigenvalue weighted by Gasteiger charge is -2.11. The van der Waals surface area contributed by atoms with Crippen molar-refractivity contribution in [3.05, 3.63) is 6.92 Å². The maximum absolute atomic E-state index is 10.7. The number of carbonyl (C=O) groups is 1. The maximum Gasteiger partial charge on any atom is 0.305 e. The lowest BCUT2D eigenvalue weighted by atomic mass is 10.1. The molecule has 0 aliphatic carbocycles. The number of rotatable bonds is 5. The van der Waals surface area contributed by atoms with Gasteiger partial charge in [-0.1, -0.05) is 26.7 Å². The van der Waals surface area contributed by atoms with Gasteiger partial charge in [0.05, 0.1) is 6.61 Å². The minimum Gasteiger partial charge on any atom is -0.465 e. The van der Waals surface area contributed by atoms with Crippen molar-refractivity contribution in [1.29, 1.82) is 0 Å². The van der Waals surface area contributed by atoms with E-state index in [0.29, 0.717) is 12.5 Å².